The molecule has 0 aliphatic heterocycles. The van der Waals surface area contributed by atoms with Crippen molar-refractivity contribution in [1.82, 2.24) is 10.6 Å². The van der Waals surface area contributed by atoms with Crippen LogP contribution in [0.2, 0.25) is 0 Å². The molecule has 1 aromatic rings. The van der Waals surface area contributed by atoms with Crippen molar-refractivity contribution >= 4 is 17.3 Å². The predicted molar refractivity (Wildman–Crippen MR) is 73.8 cm³/mol. The minimum atomic E-state index is 0.475. The number of rotatable bonds is 5. The zero-order valence-electron chi connectivity index (χ0n) is 9.99. The fourth-order valence-electron chi connectivity index (χ4n) is 1.45. The van der Waals surface area contributed by atoms with Crippen molar-refractivity contribution in [3.05, 3.63) is 35.9 Å². The molecule has 0 amide bonds. The zero-order chi connectivity index (χ0) is 11.8. The Morgan fingerprint density at radius 2 is 1.94 bits per heavy atom. The van der Waals surface area contributed by atoms with Gasteiger partial charge in [0.25, 0.3) is 0 Å². The minimum Gasteiger partial charge on any atom is -0.363 e. The highest BCUT2D eigenvalue weighted by atomic mass is 32.1. The fourth-order valence-corrected chi connectivity index (χ4v) is 1.63. The van der Waals surface area contributed by atoms with Crippen LogP contribution in [0.25, 0.3) is 0 Å². The Bertz CT molecular complexity index is 311. The van der Waals surface area contributed by atoms with Crippen LogP contribution in [-0.2, 0) is 0 Å². The van der Waals surface area contributed by atoms with E-state index in [-0.39, 0.29) is 0 Å². The Balaban J connectivity index is 2.30. The lowest BCUT2D eigenvalue weighted by Crippen LogP contribution is -2.37. The third-order valence-electron chi connectivity index (χ3n) is 2.47. The molecular weight excluding hydrogens is 216 g/mol. The first-order valence-electron chi connectivity index (χ1n) is 5.80. The van der Waals surface area contributed by atoms with Crippen molar-refractivity contribution in [2.75, 3.05) is 13.1 Å². The monoisotopic (exact) mass is 236 g/mol. The Kier molecular flexibility index (Phi) is 5.86. The quantitative estimate of drug-likeness (QED) is 0.769. The molecule has 0 saturated carbocycles. The number of benzene rings is 1. The maximum absolute atomic E-state index is 5.17. The van der Waals surface area contributed by atoms with Crippen molar-refractivity contribution < 1.29 is 0 Å². The summed E-state index contributed by atoms with van der Waals surface area (Å²) in [6.07, 6.45) is 1.09. The van der Waals surface area contributed by atoms with Crippen molar-refractivity contribution in [2.24, 2.45) is 0 Å². The van der Waals surface area contributed by atoms with Gasteiger partial charge in [-0.25, -0.2) is 0 Å². The molecule has 2 N–H and O–H groups in total. The Morgan fingerprint density at radius 1 is 1.25 bits per heavy atom. The van der Waals surface area contributed by atoms with Gasteiger partial charge in [-0.3, -0.25) is 0 Å². The number of hydrogen-bond donors (Lipinski definition) is 2. The minimum absolute atomic E-state index is 0.475. The molecule has 16 heavy (non-hydrogen) atoms. The lowest BCUT2D eigenvalue weighted by atomic mass is 10.0. The molecule has 1 atom stereocenters. The van der Waals surface area contributed by atoms with E-state index in [1.807, 2.05) is 6.07 Å². The summed E-state index contributed by atoms with van der Waals surface area (Å²) in [5.74, 6) is 0.475. The van der Waals surface area contributed by atoms with Gasteiger partial charge in [-0.1, -0.05) is 44.2 Å². The lowest BCUT2D eigenvalue weighted by molar-refractivity contribution is 0.705. The Morgan fingerprint density at radius 3 is 2.56 bits per heavy atom. The molecule has 1 unspecified atom stereocenters. The maximum atomic E-state index is 5.17. The first-order valence-corrected chi connectivity index (χ1v) is 6.21. The normalized spacial score (nSPS) is 11.9. The predicted octanol–water partition coefficient (Wildman–Crippen LogP) is 2.66. The van der Waals surface area contributed by atoms with E-state index in [2.05, 4.69) is 48.7 Å². The summed E-state index contributed by atoms with van der Waals surface area (Å²) in [5, 5.41) is 7.15. The van der Waals surface area contributed by atoms with Crippen LogP contribution >= 0.6 is 12.2 Å². The van der Waals surface area contributed by atoms with Crippen molar-refractivity contribution in [3.8, 4) is 0 Å². The van der Waals surface area contributed by atoms with Crippen LogP contribution in [0.15, 0.2) is 30.3 Å². The van der Waals surface area contributed by atoms with E-state index < -0.39 is 0 Å². The number of nitrogens with one attached hydrogen (secondary N) is 2. The van der Waals surface area contributed by atoms with Gasteiger partial charge in [-0.15, -0.1) is 0 Å². The van der Waals surface area contributed by atoms with E-state index in [9.17, 15) is 0 Å². The standard InChI is InChI=1S/C13H20N2S/c1-3-9-14-13(16)15-10-11(2)12-7-5-4-6-8-12/h4-8,11H,3,9-10H2,1-2H3,(H2,14,15,16). The van der Waals surface area contributed by atoms with Gasteiger partial charge >= 0.3 is 0 Å². The third kappa shape index (κ3) is 4.62. The highest BCUT2D eigenvalue weighted by Crippen LogP contribution is 2.12. The Hall–Kier alpha value is -1.09. The first-order chi connectivity index (χ1) is 7.74. The summed E-state index contributed by atoms with van der Waals surface area (Å²) in [5.41, 5.74) is 1.34. The van der Waals surface area contributed by atoms with Gasteiger partial charge in [0, 0.05) is 13.1 Å². The second-order valence-corrected chi connectivity index (χ2v) is 4.36. The van der Waals surface area contributed by atoms with Crippen molar-refractivity contribution in [3.63, 3.8) is 0 Å². The van der Waals surface area contributed by atoms with Crippen LogP contribution in [0.5, 0.6) is 0 Å². The van der Waals surface area contributed by atoms with Crippen LogP contribution in [-0.4, -0.2) is 18.2 Å². The molecule has 0 aliphatic carbocycles. The molecule has 0 radical (unpaired) electrons. The smallest absolute Gasteiger partial charge is 0.166 e. The zero-order valence-corrected chi connectivity index (χ0v) is 10.8. The maximum Gasteiger partial charge on any atom is 0.166 e. The van der Waals surface area contributed by atoms with Gasteiger partial charge in [0.05, 0.1) is 0 Å². The second kappa shape index (κ2) is 7.23. The van der Waals surface area contributed by atoms with E-state index >= 15 is 0 Å². The number of thiocarbonyl (C=S) groups is 1. The summed E-state index contributed by atoms with van der Waals surface area (Å²) >= 11 is 5.17. The summed E-state index contributed by atoms with van der Waals surface area (Å²) in [6, 6.07) is 10.5. The van der Waals surface area contributed by atoms with Crippen LogP contribution in [0.1, 0.15) is 31.7 Å². The van der Waals surface area contributed by atoms with E-state index in [0.717, 1.165) is 24.6 Å². The van der Waals surface area contributed by atoms with E-state index in [1.54, 1.807) is 0 Å². The molecule has 0 fully saturated rings. The van der Waals surface area contributed by atoms with E-state index in [1.165, 1.54) is 5.56 Å². The van der Waals surface area contributed by atoms with Gasteiger partial charge in [-0.05, 0) is 30.1 Å². The molecule has 0 heterocycles. The van der Waals surface area contributed by atoms with Gasteiger partial charge < -0.3 is 10.6 Å². The average Bonchev–Trinajstić information content (AvgIpc) is 2.34. The molecule has 0 saturated heterocycles. The van der Waals surface area contributed by atoms with Crippen LogP contribution in [0.3, 0.4) is 0 Å². The van der Waals surface area contributed by atoms with Crippen molar-refractivity contribution in [1.29, 1.82) is 0 Å². The highest BCUT2D eigenvalue weighted by Gasteiger charge is 2.04. The van der Waals surface area contributed by atoms with Gasteiger partial charge in [0.15, 0.2) is 5.11 Å². The second-order valence-electron chi connectivity index (χ2n) is 3.95. The summed E-state index contributed by atoms with van der Waals surface area (Å²) in [6.45, 7) is 6.14. The van der Waals surface area contributed by atoms with Gasteiger partial charge in [-0.2, -0.15) is 0 Å². The third-order valence-corrected chi connectivity index (χ3v) is 2.76. The van der Waals surface area contributed by atoms with E-state index in [4.69, 9.17) is 12.2 Å². The molecule has 0 aromatic heterocycles. The van der Waals surface area contributed by atoms with Gasteiger partial charge in [0.1, 0.15) is 0 Å². The molecular formula is C13H20N2S. The van der Waals surface area contributed by atoms with Crippen LogP contribution in [0.4, 0.5) is 0 Å². The topological polar surface area (TPSA) is 24.1 Å². The molecule has 88 valence electrons. The molecule has 0 bridgehead atoms. The molecule has 3 heteroatoms. The molecule has 2 nitrogen and oxygen atoms in total. The molecule has 0 aliphatic rings. The first kappa shape index (κ1) is 13.0. The molecule has 1 rings (SSSR count). The Labute approximate surface area is 103 Å². The van der Waals surface area contributed by atoms with Crippen molar-refractivity contribution in [2.45, 2.75) is 26.2 Å². The molecule has 1 aromatic carbocycles. The number of hydrogen-bond acceptors (Lipinski definition) is 1. The van der Waals surface area contributed by atoms with E-state index in [0.29, 0.717) is 5.92 Å². The average molecular weight is 236 g/mol. The summed E-state index contributed by atoms with van der Waals surface area (Å²) in [7, 11) is 0. The summed E-state index contributed by atoms with van der Waals surface area (Å²) < 4.78 is 0. The largest absolute Gasteiger partial charge is 0.363 e. The van der Waals surface area contributed by atoms with Crippen LogP contribution < -0.4 is 10.6 Å². The highest BCUT2D eigenvalue weighted by molar-refractivity contribution is 7.80. The van der Waals surface area contributed by atoms with Crippen LogP contribution in [0, 0.1) is 0 Å². The fraction of sp³-hybridized carbons (Fsp3) is 0.462. The summed E-state index contributed by atoms with van der Waals surface area (Å²) in [4.78, 5) is 0. The SMILES string of the molecule is CCCNC(=S)NCC(C)c1ccccc1. The lowest BCUT2D eigenvalue weighted by Gasteiger charge is -2.15. The molecule has 0 spiro atoms. The van der Waals surface area contributed by atoms with Gasteiger partial charge in [0.2, 0.25) is 0 Å².